The van der Waals surface area contributed by atoms with E-state index in [4.69, 9.17) is 4.42 Å². The van der Waals surface area contributed by atoms with Gasteiger partial charge >= 0.3 is 0 Å². The van der Waals surface area contributed by atoms with E-state index in [0.29, 0.717) is 30.3 Å². The Morgan fingerprint density at radius 2 is 1.85 bits per heavy atom. The van der Waals surface area contributed by atoms with E-state index in [1.165, 1.54) is 10.4 Å². The Bertz CT molecular complexity index is 898. The summed E-state index contributed by atoms with van der Waals surface area (Å²) in [6.45, 7) is 1.49. The lowest BCUT2D eigenvalue weighted by atomic mass is 10.2. The van der Waals surface area contributed by atoms with Gasteiger partial charge in [-0.2, -0.15) is 4.31 Å². The number of nitrogens with one attached hydrogen (secondary N) is 1. The lowest BCUT2D eigenvalue weighted by Crippen LogP contribution is -2.27. The zero-order valence-electron chi connectivity index (χ0n) is 14.0. The van der Waals surface area contributed by atoms with Crippen molar-refractivity contribution in [3.63, 3.8) is 0 Å². The third-order valence-electron chi connectivity index (χ3n) is 4.09. The first-order chi connectivity index (χ1) is 12.4. The number of hydrogen-bond acceptors (Lipinski definition) is 4. The summed E-state index contributed by atoms with van der Waals surface area (Å²) in [4.78, 5) is 12.1. The van der Waals surface area contributed by atoms with Crippen molar-refractivity contribution in [3.8, 4) is 0 Å². The van der Waals surface area contributed by atoms with Crippen molar-refractivity contribution in [2.75, 3.05) is 13.1 Å². The fraction of sp³-hybridized carbons (Fsp3) is 0.278. The predicted molar refractivity (Wildman–Crippen MR) is 107 cm³/mol. The summed E-state index contributed by atoms with van der Waals surface area (Å²) in [5.41, 5.74) is 0.833. The molecule has 1 aliphatic rings. The number of benzene rings is 1. The molecule has 1 aromatic heterocycles. The van der Waals surface area contributed by atoms with Gasteiger partial charge in [0.1, 0.15) is 5.76 Å². The summed E-state index contributed by atoms with van der Waals surface area (Å²) in [5, 5.41) is 2.76. The SMILES string of the molecule is O=C(C=Cc1ccc(I)o1)NCc1ccc(S(=O)(=O)N2CCCC2)cc1. The van der Waals surface area contributed by atoms with E-state index in [1.54, 1.807) is 36.4 Å². The van der Waals surface area contributed by atoms with Gasteiger partial charge in [0, 0.05) is 25.7 Å². The minimum absolute atomic E-state index is 0.245. The van der Waals surface area contributed by atoms with Crippen LogP contribution in [0, 0.1) is 3.77 Å². The van der Waals surface area contributed by atoms with E-state index >= 15 is 0 Å². The zero-order chi connectivity index (χ0) is 18.6. The van der Waals surface area contributed by atoms with Gasteiger partial charge in [-0.05, 0) is 71.3 Å². The quantitative estimate of drug-likeness (QED) is 0.503. The molecule has 0 atom stereocenters. The molecule has 8 heteroatoms. The molecule has 138 valence electrons. The van der Waals surface area contributed by atoms with E-state index in [0.717, 1.165) is 22.2 Å². The molecule has 2 heterocycles. The van der Waals surface area contributed by atoms with Crippen molar-refractivity contribution in [2.24, 2.45) is 0 Å². The molecule has 3 rings (SSSR count). The van der Waals surface area contributed by atoms with Crippen LogP contribution in [0.1, 0.15) is 24.2 Å². The Hall–Kier alpha value is -1.65. The Labute approximate surface area is 166 Å². The molecule has 26 heavy (non-hydrogen) atoms. The smallest absolute Gasteiger partial charge is 0.244 e. The maximum Gasteiger partial charge on any atom is 0.244 e. The molecule has 0 spiro atoms. The fourth-order valence-electron chi connectivity index (χ4n) is 2.68. The highest BCUT2D eigenvalue weighted by Gasteiger charge is 2.26. The Morgan fingerprint density at radius 3 is 2.46 bits per heavy atom. The normalized spacial score (nSPS) is 15.6. The second-order valence-electron chi connectivity index (χ2n) is 5.95. The number of rotatable bonds is 6. The average molecular weight is 486 g/mol. The number of furan rings is 1. The maximum absolute atomic E-state index is 12.5. The monoisotopic (exact) mass is 486 g/mol. The van der Waals surface area contributed by atoms with Crippen LogP contribution in [0.4, 0.5) is 0 Å². The molecule has 1 amide bonds. The second-order valence-corrected chi connectivity index (χ2v) is 8.95. The van der Waals surface area contributed by atoms with Crippen molar-refractivity contribution in [1.82, 2.24) is 9.62 Å². The van der Waals surface area contributed by atoms with Crippen LogP contribution in [0.5, 0.6) is 0 Å². The molecule has 1 saturated heterocycles. The molecule has 0 radical (unpaired) electrons. The number of hydrogen-bond donors (Lipinski definition) is 1. The van der Waals surface area contributed by atoms with Crippen molar-refractivity contribution in [3.05, 3.63) is 57.6 Å². The van der Waals surface area contributed by atoms with Crippen LogP contribution in [0.25, 0.3) is 6.08 Å². The van der Waals surface area contributed by atoms with Gasteiger partial charge in [0.15, 0.2) is 3.77 Å². The summed E-state index contributed by atoms with van der Waals surface area (Å²) in [6.07, 6.45) is 4.83. The minimum Gasteiger partial charge on any atom is -0.451 e. The second kappa shape index (κ2) is 8.36. The molecule has 0 saturated carbocycles. The maximum atomic E-state index is 12.5. The van der Waals surface area contributed by atoms with Crippen molar-refractivity contribution < 1.29 is 17.6 Å². The summed E-state index contributed by atoms with van der Waals surface area (Å²) in [7, 11) is -3.40. The van der Waals surface area contributed by atoms with Crippen molar-refractivity contribution in [1.29, 1.82) is 0 Å². The summed E-state index contributed by atoms with van der Waals surface area (Å²) in [5.74, 6) is 0.367. The molecule has 0 bridgehead atoms. The highest BCUT2D eigenvalue weighted by Crippen LogP contribution is 2.21. The number of halogens is 1. The number of nitrogens with zero attached hydrogens (tertiary/aromatic N) is 1. The first-order valence-corrected chi connectivity index (χ1v) is 10.8. The molecule has 1 aliphatic heterocycles. The van der Waals surface area contributed by atoms with Gasteiger partial charge in [0.05, 0.1) is 4.90 Å². The van der Waals surface area contributed by atoms with Crippen molar-refractivity contribution in [2.45, 2.75) is 24.3 Å². The zero-order valence-corrected chi connectivity index (χ0v) is 17.0. The van der Waals surface area contributed by atoms with Crippen LogP contribution in [0.3, 0.4) is 0 Å². The van der Waals surface area contributed by atoms with Crippen LogP contribution < -0.4 is 5.32 Å². The number of carbonyl (C=O) groups is 1. The summed E-state index contributed by atoms with van der Waals surface area (Å²) < 4.78 is 32.6. The van der Waals surface area contributed by atoms with Gasteiger partial charge in [-0.1, -0.05) is 12.1 Å². The lowest BCUT2D eigenvalue weighted by Gasteiger charge is -2.15. The molecule has 1 fully saturated rings. The van der Waals surface area contributed by atoms with Crippen LogP contribution in [0.15, 0.2) is 51.8 Å². The molecular formula is C18H19IN2O4S. The molecule has 2 aromatic rings. The number of carbonyl (C=O) groups excluding carboxylic acids is 1. The Morgan fingerprint density at radius 1 is 1.15 bits per heavy atom. The molecule has 1 aromatic carbocycles. The molecule has 0 aliphatic carbocycles. The van der Waals surface area contributed by atoms with E-state index < -0.39 is 10.0 Å². The summed E-state index contributed by atoms with van der Waals surface area (Å²) >= 11 is 2.06. The lowest BCUT2D eigenvalue weighted by molar-refractivity contribution is -0.116. The third kappa shape index (κ3) is 4.74. The van der Waals surface area contributed by atoms with Gasteiger partial charge in [0.25, 0.3) is 0 Å². The van der Waals surface area contributed by atoms with Gasteiger partial charge < -0.3 is 9.73 Å². The highest BCUT2D eigenvalue weighted by atomic mass is 127. The van der Waals surface area contributed by atoms with E-state index in [1.807, 2.05) is 6.07 Å². The Kier molecular flexibility index (Phi) is 6.15. The summed E-state index contributed by atoms with van der Waals surface area (Å²) in [6, 6.07) is 10.2. The standard InChI is InChI=1S/C18H19IN2O4S/c19-17-9-5-15(25-17)6-10-18(22)20-13-14-3-7-16(8-4-14)26(23,24)21-11-1-2-12-21/h3-10H,1-2,11-13H2,(H,20,22). The van der Waals surface area contributed by atoms with Crippen molar-refractivity contribution >= 4 is 44.6 Å². The fourth-order valence-corrected chi connectivity index (χ4v) is 4.63. The van der Waals surface area contributed by atoms with Gasteiger partial charge in [0.2, 0.25) is 15.9 Å². The molecular weight excluding hydrogens is 467 g/mol. The predicted octanol–water partition coefficient (Wildman–Crippen LogP) is 3.00. The van der Waals surface area contributed by atoms with Crippen LogP contribution in [0.2, 0.25) is 0 Å². The third-order valence-corrected chi connectivity index (χ3v) is 6.58. The first-order valence-electron chi connectivity index (χ1n) is 8.25. The minimum atomic E-state index is -3.40. The van der Waals surface area contributed by atoms with Crippen LogP contribution in [-0.2, 0) is 21.4 Å². The van der Waals surface area contributed by atoms with Gasteiger partial charge in [-0.3, -0.25) is 4.79 Å². The van der Waals surface area contributed by atoms with E-state index in [2.05, 4.69) is 27.9 Å². The van der Waals surface area contributed by atoms with E-state index in [9.17, 15) is 13.2 Å². The topological polar surface area (TPSA) is 79.6 Å². The molecule has 6 nitrogen and oxygen atoms in total. The largest absolute Gasteiger partial charge is 0.451 e. The Balaban J connectivity index is 1.56. The molecule has 1 N–H and O–H groups in total. The van der Waals surface area contributed by atoms with Gasteiger partial charge in [-0.15, -0.1) is 0 Å². The van der Waals surface area contributed by atoms with Gasteiger partial charge in [-0.25, -0.2) is 8.42 Å². The first kappa shape index (κ1) is 19.1. The van der Waals surface area contributed by atoms with E-state index in [-0.39, 0.29) is 5.91 Å². The van der Waals surface area contributed by atoms with Crippen LogP contribution >= 0.6 is 22.6 Å². The van der Waals surface area contributed by atoms with Crippen LogP contribution in [-0.4, -0.2) is 31.7 Å². The average Bonchev–Trinajstić information content (AvgIpc) is 3.30. The number of sulfonamides is 1. The number of amides is 1. The highest BCUT2D eigenvalue weighted by molar-refractivity contribution is 14.1. The molecule has 0 unspecified atom stereocenters.